The molecule has 0 atom stereocenters. The lowest BCUT2D eigenvalue weighted by molar-refractivity contribution is 0.656. The monoisotopic (exact) mass is 270 g/mol. The summed E-state index contributed by atoms with van der Waals surface area (Å²) < 4.78 is 0. The van der Waals surface area contributed by atoms with E-state index in [2.05, 4.69) is 13.8 Å². The topological polar surface area (TPSA) is 99.7 Å². The number of unbranched alkanes of at least 4 members (excludes halogenated alkanes) is 4. The lowest BCUT2D eigenvalue weighted by Gasteiger charge is -1.90. The van der Waals surface area contributed by atoms with Gasteiger partial charge < -0.3 is 11.5 Å². The van der Waals surface area contributed by atoms with Gasteiger partial charge in [-0.15, -0.1) is 0 Å². The minimum atomic E-state index is -0.296. The Kier molecular flexibility index (Phi) is 41.2. The average molecular weight is 270 g/mol. The van der Waals surface area contributed by atoms with E-state index in [0.29, 0.717) is 0 Å². The van der Waals surface area contributed by atoms with Crippen molar-refractivity contribution in [2.75, 3.05) is 0 Å². The summed E-state index contributed by atoms with van der Waals surface area (Å²) in [6.45, 7) is 12.5. The molecule has 114 valence electrons. The molecule has 0 saturated heterocycles. The van der Waals surface area contributed by atoms with E-state index in [1.165, 1.54) is 32.1 Å². The minimum Gasteiger partial charge on any atom is -0.403 e. The van der Waals surface area contributed by atoms with Crippen LogP contribution in [0.15, 0.2) is 11.8 Å². The molecule has 0 saturated carbocycles. The molecule has 0 heterocycles. The minimum absolute atomic E-state index is 0.00463. The van der Waals surface area contributed by atoms with Crippen molar-refractivity contribution < 1.29 is 0 Å². The number of nitrogens with zero attached hydrogens (tertiary/aromatic N) is 1. The summed E-state index contributed by atoms with van der Waals surface area (Å²) in [6, 6.07) is 1.64. The van der Waals surface area contributed by atoms with Crippen LogP contribution in [0.25, 0.3) is 0 Å². The van der Waals surface area contributed by atoms with Gasteiger partial charge in [0, 0.05) is 6.20 Å². The Morgan fingerprint density at radius 1 is 1.05 bits per heavy atom. The van der Waals surface area contributed by atoms with Gasteiger partial charge in [-0.05, 0) is 0 Å². The average Bonchev–Trinajstić information content (AvgIpc) is 2.45. The maximum atomic E-state index is 8.08. The second-order valence-corrected chi connectivity index (χ2v) is 3.17. The molecular weight excluding hydrogens is 236 g/mol. The molecule has 0 bridgehead atoms. The Hall–Kier alpha value is -1.50. The Labute approximate surface area is 120 Å². The van der Waals surface area contributed by atoms with Gasteiger partial charge in [-0.1, -0.05) is 73.6 Å². The van der Waals surface area contributed by atoms with Gasteiger partial charge in [0.1, 0.15) is 17.5 Å². The van der Waals surface area contributed by atoms with Crippen LogP contribution >= 0.6 is 0 Å². The first kappa shape index (κ1) is 26.1. The molecule has 0 aliphatic carbocycles. The largest absolute Gasteiger partial charge is 0.403 e. The first-order valence-corrected chi connectivity index (χ1v) is 7.30. The summed E-state index contributed by atoms with van der Waals surface area (Å²) in [5.74, 6) is -0.296. The van der Waals surface area contributed by atoms with Crippen molar-refractivity contribution in [1.29, 1.82) is 10.7 Å². The van der Waals surface area contributed by atoms with Crippen LogP contribution in [0, 0.1) is 16.7 Å². The summed E-state index contributed by atoms with van der Waals surface area (Å²) in [5, 5.41) is 14.7. The molecule has 19 heavy (non-hydrogen) atoms. The highest BCUT2D eigenvalue weighted by molar-refractivity contribution is 5.97. The van der Waals surface area contributed by atoms with Crippen LogP contribution in [0.4, 0.5) is 0 Å². The highest BCUT2D eigenvalue weighted by Gasteiger charge is 1.93. The second-order valence-electron chi connectivity index (χ2n) is 3.17. The van der Waals surface area contributed by atoms with E-state index in [1.807, 2.05) is 27.7 Å². The smallest absolute Gasteiger partial charge is 0.135 e. The quantitative estimate of drug-likeness (QED) is 0.300. The van der Waals surface area contributed by atoms with Gasteiger partial charge in [0.05, 0.1) is 0 Å². The fourth-order valence-corrected chi connectivity index (χ4v) is 0.864. The maximum Gasteiger partial charge on any atom is 0.135 e. The number of nitrogens with one attached hydrogen (secondary N) is 1. The van der Waals surface area contributed by atoms with Crippen molar-refractivity contribution in [1.82, 2.24) is 0 Å². The molecule has 0 amide bonds. The molecule has 0 fully saturated rings. The van der Waals surface area contributed by atoms with Gasteiger partial charge in [-0.2, -0.15) is 5.26 Å². The molecule has 4 nitrogen and oxygen atoms in total. The van der Waals surface area contributed by atoms with E-state index in [9.17, 15) is 0 Å². The third kappa shape index (κ3) is 31.5. The molecule has 5 N–H and O–H groups in total. The highest BCUT2D eigenvalue weighted by Crippen LogP contribution is 2.00. The Morgan fingerprint density at radius 3 is 1.53 bits per heavy atom. The molecule has 0 radical (unpaired) electrons. The van der Waals surface area contributed by atoms with E-state index in [1.54, 1.807) is 6.07 Å². The number of rotatable bonds is 5. The molecule has 0 spiro atoms. The van der Waals surface area contributed by atoms with Crippen LogP contribution in [0.1, 0.15) is 73.6 Å². The highest BCUT2D eigenvalue weighted by atomic mass is 14.7. The van der Waals surface area contributed by atoms with Gasteiger partial charge >= 0.3 is 0 Å². The van der Waals surface area contributed by atoms with Crippen LogP contribution in [0.2, 0.25) is 0 Å². The molecule has 0 rings (SSSR count). The summed E-state index contributed by atoms with van der Waals surface area (Å²) in [7, 11) is 0. The van der Waals surface area contributed by atoms with Crippen molar-refractivity contribution >= 4 is 5.84 Å². The summed E-state index contributed by atoms with van der Waals surface area (Å²) in [4.78, 5) is 0. The maximum absolute atomic E-state index is 8.08. The summed E-state index contributed by atoms with van der Waals surface area (Å²) in [6.07, 6.45) is 8.01. The third-order valence-electron chi connectivity index (χ3n) is 1.78. The fraction of sp³-hybridized carbons (Fsp3) is 0.733. The van der Waals surface area contributed by atoms with Crippen LogP contribution in [0.3, 0.4) is 0 Å². The zero-order valence-electron chi connectivity index (χ0n) is 13.7. The van der Waals surface area contributed by atoms with Crippen molar-refractivity contribution in [3.63, 3.8) is 0 Å². The second kappa shape index (κ2) is 30.0. The van der Waals surface area contributed by atoms with E-state index in [0.717, 1.165) is 6.20 Å². The summed E-state index contributed by atoms with van der Waals surface area (Å²) >= 11 is 0. The fourth-order valence-electron chi connectivity index (χ4n) is 0.864. The number of amidine groups is 1. The van der Waals surface area contributed by atoms with Crippen LogP contribution < -0.4 is 11.5 Å². The van der Waals surface area contributed by atoms with Gasteiger partial charge in [0.15, 0.2) is 0 Å². The van der Waals surface area contributed by atoms with E-state index >= 15 is 0 Å². The Morgan fingerprint density at radius 2 is 1.42 bits per heavy atom. The first-order valence-electron chi connectivity index (χ1n) is 7.30. The number of hydrogen-bond donors (Lipinski definition) is 3. The van der Waals surface area contributed by atoms with Gasteiger partial charge in [-0.25, -0.2) is 0 Å². The van der Waals surface area contributed by atoms with Gasteiger partial charge in [-0.3, -0.25) is 5.41 Å². The molecular formula is C15H34N4. The normalized spacial score (nSPS) is 8.37. The number of nitriles is 1. The number of nitrogens with two attached hydrogens (primary N) is 2. The van der Waals surface area contributed by atoms with E-state index in [4.69, 9.17) is 22.1 Å². The van der Waals surface area contributed by atoms with Crippen LogP contribution in [-0.2, 0) is 0 Å². The van der Waals surface area contributed by atoms with Crippen LogP contribution in [0.5, 0.6) is 0 Å². The predicted octanol–water partition coefficient (Wildman–Crippen LogP) is 4.32. The molecule has 0 aliphatic heterocycles. The van der Waals surface area contributed by atoms with Crippen LogP contribution in [-0.4, -0.2) is 5.84 Å². The van der Waals surface area contributed by atoms with E-state index in [-0.39, 0.29) is 11.4 Å². The van der Waals surface area contributed by atoms with Crippen molar-refractivity contribution in [2.45, 2.75) is 73.6 Å². The molecule has 0 aromatic rings. The predicted molar refractivity (Wildman–Crippen MR) is 86.9 cm³/mol. The Bertz CT molecular complexity index is 223. The van der Waals surface area contributed by atoms with E-state index < -0.39 is 0 Å². The summed E-state index contributed by atoms with van der Waals surface area (Å²) in [5.41, 5.74) is 9.75. The molecule has 0 aromatic heterocycles. The zero-order chi connectivity index (χ0) is 16.1. The SMILES string of the molecule is CC.CC.CCCCCCC.N#C/C(=C/N)C(=N)N. The first-order chi connectivity index (χ1) is 9.13. The lowest BCUT2D eigenvalue weighted by atomic mass is 10.2. The van der Waals surface area contributed by atoms with Crippen molar-refractivity contribution in [3.8, 4) is 6.07 Å². The van der Waals surface area contributed by atoms with Gasteiger partial charge in [0.2, 0.25) is 0 Å². The Balaban J connectivity index is -0.0000000941. The molecule has 4 heteroatoms. The molecule has 0 aliphatic rings. The zero-order valence-corrected chi connectivity index (χ0v) is 13.7. The van der Waals surface area contributed by atoms with Crippen molar-refractivity contribution in [3.05, 3.63) is 11.8 Å². The number of hydrogen-bond acceptors (Lipinski definition) is 3. The van der Waals surface area contributed by atoms with Gasteiger partial charge in [0.25, 0.3) is 0 Å². The third-order valence-corrected chi connectivity index (χ3v) is 1.78. The molecule has 0 unspecified atom stereocenters. The lowest BCUT2D eigenvalue weighted by Crippen LogP contribution is -2.12. The van der Waals surface area contributed by atoms with Crippen molar-refractivity contribution in [2.24, 2.45) is 11.5 Å². The molecule has 0 aromatic carbocycles. The standard InChI is InChI=1S/C7H16.C4H6N4.2C2H6/c1-3-5-7-6-4-2;5-1-3(2-6)4(7)8;2*1-2/h3-7H2,1-2H3;1H,5H2,(H3,7,8);2*1-2H3/b;3-1-;;.